The zero-order valence-electron chi connectivity index (χ0n) is 10.7. The number of benzene rings is 1. The van der Waals surface area contributed by atoms with Crippen LogP contribution in [0.2, 0.25) is 5.02 Å². The highest BCUT2D eigenvalue weighted by molar-refractivity contribution is 7.89. The Morgan fingerprint density at radius 2 is 2.11 bits per heavy atom. The summed E-state index contributed by atoms with van der Waals surface area (Å²) in [4.78, 5) is 0.267. The van der Waals surface area contributed by atoms with E-state index in [0.717, 1.165) is 0 Å². The molecule has 3 N–H and O–H groups in total. The maximum Gasteiger partial charge on any atom is 0.215 e. The first kappa shape index (κ1) is 16.2. The number of anilines is 1. The van der Waals surface area contributed by atoms with Crippen molar-refractivity contribution in [2.45, 2.75) is 0 Å². The van der Waals surface area contributed by atoms with Gasteiger partial charge in [0.05, 0.1) is 16.5 Å². The smallest absolute Gasteiger partial charge is 0.215 e. The Morgan fingerprint density at radius 1 is 1.47 bits per heavy atom. The first-order valence-electron chi connectivity index (χ1n) is 5.47. The van der Waals surface area contributed by atoms with Gasteiger partial charge in [-0.1, -0.05) is 23.8 Å². The van der Waals surface area contributed by atoms with Gasteiger partial charge in [0.1, 0.15) is 4.99 Å². The maximum absolute atomic E-state index is 11.6. The van der Waals surface area contributed by atoms with Crippen molar-refractivity contribution >= 4 is 44.5 Å². The molecule has 0 radical (unpaired) electrons. The van der Waals surface area contributed by atoms with Gasteiger partial charge < -0.3 is 11.1 Å². The van der Waals surface area contributed by atoms with Crippen LogP contribution in [0.25, 0.3) is 0 Å². The predicted molar refractivity (Wildman–Crippen MR) is 83.3 cm³/mol. The Bertz CT molecular complexity index is 573. The molecule has 0 saturated heterocycles. The van der Waals surface area contributed by atoms with Crippen LogP contribution < -0.4 is 11.1 Å². The van der Waals surface area contributed by atoms with Crippen LogP contribution in [-0.2, 0) is 10.0 Å². The number of sulfonamides is 1. The molecule has 0 aliphatic heterocycles. The standard InChI is InChI=1S/C11H16ClN3O2S2/c1-15(2)19(16,17)6-5-14-10-4-3-8(11(13)18)7-9(10)12/h3-4,7,14H,5-6H2,1-2H3,(H2,13,18). The zero-order chi connectivity index (χ0) is 14.6. The molecule has 0 amide bonds. The third-order valence-electron chi connectivity index (χ3n) is 2.49. The van der Waals surface area contributed by atoms with Crippen molar-refractivity contribution in [2.75, 3.05) is 31.7 Å². The topological polar surface area (TPSA) is 75.4 Å². The highest BCUT2D eigenvalue weighted by Crippen LogP contribution is 2.22. The minimum absolute atomic E-state index is 0.00657. The molecule has 8 heteroatoms. The van der Waals surface area contributed by atoms with Crippen LogP contribution in [-0.4, -0.2) is 44.1 Å². The van der Waals surface area contributed by atoms with Gasteiger partial charge in [0.15, 0.2) is 0 Å². The lowest BCUT2D eigenvalue weighted by molar-refractivity contribution is 0.521. The van der Waals surface area contributed by atoms with Gasteiger partial charge >= 0.3 is 0 Å². The highest BCUT2D eigenvalue weighted by atomic mass is 35.5. The number of halogens is 1. The first-order chi connectivity index (χ1) is 8.74. The Labute approximate surface area is 123 Å². The minimum Gasteiger partial charge on any atom is -0.389 e. The van der Waals surface area contributed by atoms with E-state index in [0.29, 0.717) is 16.3 Å². The summed E-state index contributed by atoms with van der Waals surface area (Å²) in [6.07, 6.45) is 0. The number of thiocarbonyl (C=S) groups is 1. The van der Waals surface area contributed by atoms with Crippen LogP contribution in [0.15, 0.2) is 18.2 Å². The molecule has 0 heterocycles. The van der Waals surface area contributed by atoms with Crippen molar-refractivity contribution < 1.29 is 8.42 Å². The number of nitrogens with one attached hydrogen (secondary N) is 1. The van der Waals surface area contributed by atoms with Gasteiger partial charge in [0.25, 0.3) is 0 Å². The van der Waals surface area contributed by atoms with E-state index in [2.05, 4.69) is 5.32 Å². The quantitative estimate of drug-likeness (QED) is 0.772. The molecule has 0 aliphatic rings. The normalized spacial score (nSPS) is 11.6. The summed E-state index contributed by atoms with van der Waals surface area (Å²) in [5.41, 5.74) is 6.81. The molecule has 0 aliphatic carbocycles. The molecule has 1 aromatic carbocycles. The van der Waals surface area contributed by atoms with E-state index in [-0.39, 0.29) is 17.3 Å². The van der Waals surface area contributed by atoms with E-state index in [1.807, 2.05) is 0 Å². The van der Waals surface area contributed by atoms with Gasteiger partial charge in [-0.25, -0.2) is 12.7 Å². The number of hydrogen-bond donors (Lipinski definition) is 2. The average molecular weight is 322 g/mol. The molecule has 19 heavy (non-hydrogen) atoms. The van der Waals surface area contributed by atoms with Crippen molar-refractivity contribution in [3.8, 4) is 0 Å². The predicted octanol–water partition coefficient (Wildman–Crippen LogP) is 1.28. The van der Waals surface area contributed by atoms with Crippen molar-refractivity contribution in [1.29, 1.82) is 0 Å². The fourth-order valence-corrected chi connectivity index (χ4v) is 2.41. The van der Waals surface area contributed by atoms with E-state index >= 15 is 0 Å². The van der Waals surface area contributed by atoms with E-state index in [1.54, 1.807) is 18.2 Å². The molecule has 1 aromatic rings. The molecule has 0 fully saturated rings. The van der Waals surface area contributed by atoms with Gasteiger partial charge in [-0.15, -0.1) is 0 Å². The van der Waals surface area contributed by atoms with Crippen LogP contribution in [0, 0.1) is 0 Å². The van der Waals surface area contributed by atoms with Gasteiger partial charge in [0, 0.05) is 26.2 Å². The molecule has 5 nitrogen and oxygen atoms in total. The number of hydrogen-bond acceptors (Lipinski definition) is 4. The van der Waals surface area contributed by atoms with Crippen molar-refractivity contribution in [3.63, 3.8) is 0 Å². The van der Waals surface area contributed by atoms with E-state index < -0.39 is 10.0 Å². The summed E-state index contributed by atoms with van der Waals surface area (Å²) in [5, 5.41) is 3.42. The molecule has 106 valence electrons. The van der Waals surface area contributed by atoms with Gasteiger partial charge in [-0.2, -0.15) is 0 Å². The molecule has 0 spiro atoms. The minimum atomic E-state index is -3.22. The van der Waals surface area contributed by atoms with E-state index in [4.69, 9.17) is 29.6 Å². The fraction of sp³-hybridized carbons (Fsp3) is 0.364. The molecule has 0 saturated carbocycles. The molecule has 1 rings (SSSR count). The molecule has 0 bridgehead atoms. The van der Waals surface area contributed by atoms with Gasteiger partial charge in [0.2, 0.25) is 10.0 Å². The van der Waals surface area contributed by atoms with Crippen molar-refractivity contribution in [1.82, 2.24) is 4.31 Å². The Morgan fingerprint density at radius 3 is 2.58 bits per heavy atom. The second-order valence-electron chi connectivity index (χ2n) is 4.08. The monoisotopic (exact) mass is 321 g/mol. The second kappa shape index (κ2) is 6.51. The number of nitrogens with zero attached hydrogens (tertiary/aromatic N) is 1. The van der Waals surface area contributed by atoms with Crippen LogP contribution in [0.5, 0.6) is 0 Å². The molecule has 0 aromatic heterocycles. The highest BCUT2D eigenvalue weighted by Gasteiger charge is 2.13. The third kappa shape index (κ3) is 4.61. The molecule has 0 atom stereocenters. The van der Waals surface area contributed by atoms with E-state index in [1.165, 1.54) is 18.4 Å². The summed E-state index contributed by atoms with van der Waals surface area (Å²) in [5.74, 6) is -0.00657. The summed E-state index contributed by atoms with van der Waals surface area (Å²) in [6.45, 7) is 0.270. The fourth-order valence-electron chi connectivity index (χ4n) is 1.31. The Balaban J connectivity index is 2.67. The zero-order valence-corrected chi connectivity index (χ0v) is 13.1. The van der Waals surface area contributed by atoms with Crippen LogP contribution >= 0.6 is 23.8 Å². The molecule has 0 unspecified atom stereocenters. The second-order valence-corrected chi connectivity index (χ2v) is 7.23. The van der Waals surface area contributed by atoms with Gasteiger partial charge in [-0.05, 0) is 18.2 Å². The molecular weight excluding hydrogens is 306 g/mol. The number of rotatable bonds is 6. The largest absolute Gasteiger partial charge is 0.389 e. The number of nitrogens with two attached hydrogens (primary N) is 1. The van der Waals surface area contributed by atoms with Crippen molar-refractivity contribution in [3.05, 3.63) is 28.8 Å². The van der Waals surface area contributed by atoms with E-state index in [9.17, 15) is 8.42 Å². The lowest BCUT2D eigenvalue weighted by Gasteiger charge is -2.13. The van der Waals surface area contributed by atoms with Crippen molar-refractivity contribution in [2.24, 2.45) is 5.73 Å². The van der Waals surface area contributed by atoms with Crippen LogP contribution in [0.1, 0.15) is 5.56 Å². The lowest BCUT2D eigenvalue weighted by Crippen LogP contribution is -2.28. The lowest BCUT2D eigenvalue weighted by atomic mass is 10.2. The summed E-state index contributed by atoms with van der Waals surface area (Å²) >= 11 is 10.9. The van der Waals surface area contributed by atoms with Gasteiger partial charge in [-0.3, -0.25) is 0 Å². The van der Waals surface area contributed by atoms with Crippen LogP contribution in [0.3, 0.4) is 0 Å². The Hall–Kier alpha value is -0.890. The van der Waals surface area contributed by atoms with Crippen LogP contribution in [0.4, 0.5) is 5.69 Å². The Kier molecular flexibility index (Phi) is 5.54. The SMILES string of the molecule is CN(C)S(=O)(=O)CCNc1ccc(C(N)=S)cc1Cl. The summed E-state index contributed by atoms with van der Waals surface area (Å²) < 4.78 is 24.3. The summed E-state index contributed by atoms with van der Waals surface area (Å²) in [6, 6.07) is 5.10. The first-order valence-corrected chi connectivity index (χ1v) is 7.87. The average Bonchev–Trinajstić information content (AvgIpc) is 2.30. The summed E-state index contributed by atoms with van der Waals surface area (Å²) in [7, 11) is -0.217. The maximum atomic E-state index is 11.6. The molecular formula is C11H16ClN3O2S2. The third-order valence-corrected chi connectivity index (χ3v) is 4.87.